The second-order valence-electron chi connectivity index (χ2n) is 3.97. The summed E-state index contributed by atoms with van der Waals surface area (Å²) >= 11 is 0. The van der Waals surface area contributed by atoms with E-state index in [1.165, 1.54) is 0 Å². The van der Waals surface area contributed by atoms with E-state index in [9.17, 15) is 9.59 Å². The molecule has 0 saturated heterocycles. The zero-order chi connectivity index (χ0) is 11.9. The van der Waals surface area contributed by atoms with Crippen LogP contribution in [0.5, 0.6) is 0 Å². The Kier molecular flexibility index (Phi) is 5.97. The van der Waals surface area contributed by atoms with E-state index in [1.807, 2.05) is 20.8 Å². The van der Waals surface area contributed by atoms with Gasteiger partial charge in [0.05, 0.1) is 6.61 Å². The van der Waals surface area contributed by atoms with Gasteiger partial charge in [0.2, 0.25) is 0 Å². The van der Waals surface area contributed by atoms with Crippen molar-refractivity contribution in [1.82, 2.24) is 0 Å². The first-order valence-corrected chi connectivity index (χ1v) is 5.28. The van der Waals surface area contributed by atoms with E-state index in [0.29, 0.717) is 0 Å². The summed E-state index contributed by atoms with van der Waals surface area (Å²) < 4.78 is 9.80. The normalized spacial score (nSPS) is 10.9. The molecule has 0 saturated carbocycles. The smallest absolute Gasteiger partial charge is 0.317 e. The summed E-state index contributed by atoms with van der Waals surface area (Å²) in [4.78, 5) is 22.3. The molecule has 0 heterocycles. The van der Waals surface area contributed by atoms with E-state index in [0.717, 1.165) is 12.8 Å². The van der Waals surface area contributed by atoms with E-state index < -0.39 is 17.5 Å². The van der Waals surface area contributed by atoms with Crippen LogP contribution in [0.2, 0.25) is 0 Å². The van der Waals surface area contributed by atoms with Crippen molar-refractivity contribution in [2.75, 3.05) is 6.61 Å². The molecular weight excluding hydrogens is 196 g/mol. The predicted octanol–water partition coefficient (Wildman–Crippen LogP) is 2.06. The third kappa shape index (κ3) is 6.94. The largest absolute Gasteiger partial charge is 0.466 e. The van der Waals surface area contributed by atoms with E-state index in [2.05, 4.69) is 4.74 Å². The number of hydrogen-bond donors (Lipinski definition) is 0. The molecule has 0 spiro atoms. The number of ether oxygens (including phenoxy) is 2. The number of carbonyl (C=O) groups is 2. The van der Waals surface area contributed by atoms with Gasteiger partial charge in [-0.15, -0.1) is 0 Å². The first-order chi connectivity index (χ1) is 6.91. The van der Waals surface area contributed by atoms with E-state index in [4.69, 9.17) is 4.74 Å². The number of esters is 2. The van der Waals surface area contributed by atoms with Crippen LogP contribution in [0, 0.1) is 0 Å². The minimum absolute atomic E-state index is 0.282. The zero-order valence-corrected chi connectivity index (χ0v) is 9.96. The molecule has 0 aliphatic rings. The summed E-state index contributed by atoms with van der Waals surface area (Å²) in [6, 6.07) is 0. The number of hydrogen-bond acceptors (Lipinski definition) is 4. The molecule has 0 radical (unpaired) electrons. The van der Waals surface area contributed by atoms with Crippen LogP contribution in [0.25, 0.3) is 0 Å². The van der Waals surface area contributed by atoms with Gasteiger partial charge in [-0.25, -0.2) is 0 Å². The van der Waals surface area contributed by atoms with Gasteiger partial charge < -0.3 is 9.47 Å². The first kappa shape index (κ1) is 13.9. The lowest BCUT2D eigenvalue weighted by Gasteiger charge is -2.24. The molecule has 15 heavy (non-hydrogen) atoms. The Morgan fingerprint density at radius 1 is 1.13 bits per heavy atom. The monoisotopic (exact) mass is 216 g/mol. The van der Waals surface area contributed by atoms with E-state index in [1.54, 1.807) is 6.92 Å². The van der Waals surface area contributed by atoms with Crippen molar-refractivity contribution >= 4 is 11.9 Å². The van der Waals surface area contributed by atoms with Crippen molar-refractivity contribution in [1.29, 1.82) is 0 Å². The maximum atomic E-state index is 11.3. The van der Waals surface area contributed by atoms with E-state index in [-0.39, 0.29) is 13.0 Å². The third-order valence-corrected chi connectivity index (χ3v) is 1.84. The van der Waals surface area contributed by atoms with Gasteiger partial charge in [0.25, 0.3) is 0 Å². The Bertz CT molecular complexity index is 221. The molecule has 0 aromatic heterocycles. The van der Waals surface area contributed by atoms with Crippen LogP contribution in [0.15, 0.2) is 0 Å². The highest BCUT2D eigenvalue weighted by atomic mass is 16.6. The fraction of sp³-hybridized carbons (Fsp3) is 0.818. The Balaban J connectivity index is 3.97. The summed E-state index contributed by atoms with van der Waals surface area (Å²) in [6.07, 6.45) is 1.40. The van der Waals surface area contributed by atoms with Crippen molar-refractivity contribution in [3.05, 3.63) is 0 Å². The van der Waals surface area contributed by atoms with Crippen molar-refractivity contribution in [3.8, 4) is 0 Å². The summed E-state index contributed by atoms with van der Waals surface area (Å²) in [5, 5.41) is 0. The Morgan fingerprint density at radius 3 is 2.20 bits per heavy atom. The Labute approximate surface area is 90.9 Å². The third-order valence-electron chi connectivity index (χ3n) is 1.84. The van der Waals surface area contributed by atoms with Crippen molar-refractivity contribution < 1.29 is 19.1 Å². The van der Waals surface area contributed by atoms with Crippen LogP contribution in [0.4, 0.5) is 0 Å². The lowest BCUT2D eigenvalue weighted by atomic mass is 10.0. The molecule has 0 amide bonds. The maximum Gasteiger partial charge on any atom is 0.317 e. The van der Waals surface area contributed by atoms with Crippen LogP contribution in [-0.2, 0) is 19.1 Å². The van der Waals surface area contributed by atoms with Gasteiger partial charge in [0.1, 0.15) is 12.0 Å². The molecule has 0 rings (SSSR count). The summed E-state index contributed by atoms with van der Waals surface area (Å²) in [5.74, 6) is -1.05. The van der Waals surface area contributed by atoms with Gasteiger partial charge in [-0.1, -0.05) is 13.3 Å². The van der Waals surface area contributed by atoms with Crippen LogP contribution in [0.1, 0.15) is 47.0 Å². The van der Waals surface area contributed by atoms with Crippen molar-refractivity contribution in [2.45, 2.75) is 52.6 Å². The fourth-order valence-electron chi connectivity index (χ4n) is 1.33. The zero-order valence-electron chi connectivity index (χ0n) is 9.96. The predicted molar refractivity (Wildman–Crippen MR) is 56.3 cm³/mol. The summed E-state index contributed by atoms with van der Waals surface area (Å²) in [5.41, 5.74) is -0.502. The molecule has 0 aromatic carbocycles. The fourth-order valence-corrected chi connectivity index (χ4v) is 1.33. The average molecular weight is 216 g/mol. The van der Waals surface area contributed by atoms with Crippen LogP contribution < -0.4 is 0 Å². The van der Waals surface area contributed by atoms with Crippen LogP contribution in [0.3, 0.4) is 0 Å². The molecule has 0 bridgehead atoms. The van der Waals surface area contributed by atoms with Gasteiger partial charge in [-0.05, 0) is 27.2 Å². The highest BCUT2D eigenvalue weighted by Crippen LogP contribution is 2.17. The molecule has 4 nitrogen and oxygen atoms in total. The molecule has 0 aliphatic carbocycles. The summed E-state index contributed by atoms with van der Waals surface area (Å²) in [6.45, 7) is 7.66. The second-order valence-corrected chi connectivity index (χ2v) is 3.97. The van der Waals surface area contributed by atoms with Crippen molar-refractivity contribution in [2.24, 2.45) is 0 Å². The topological polar surface area (TPSA) is 52.6 Å². The molecule has 0 fully saturated rings. The lowest BCUT2D eigenvalue weighted by Crippen LogP contribution is -2.29. The van der Waals surface area contributed by atoms with Gasteiger partial charge in [-0.2, -0.15) is 0 Å². The first-order valence-electron chi connectivity index (χ1n) is 5.28. The summed E-state index contributed by atoms with van der Waals surface area (Å²) in [7, 11) is 0. The average Bonchev–Trinajstić information content (AvgIpc) is 2.01. The number of rotatable bonds is 6. The van der Waals surface area contributed by atoms with E-state index >= 15 is 0 Å². The number of carbonyl (C=O) groups excluding carboxylic acids is 2. The SMILES string of the molecule is CCCC(C)(C)OC(=O)CC(=O)OCC. The van der Waals surface area contributed by atoms with Gasteiger partial charge in [-0.3, -0.25) is 9.59 Å². The molecule has 0 unspecified atom stereocenters. The molecule has 88 valence electrons. The standard InChI is InChI=1S/C11H20O4/c1-5-7-11(3,4)15-10(13)8-9(12)14-6-2/h5-8H2,1-4H3. The minimum atomic E-state index is -0.533. The Hall–Kier alpha value is -1.06. The maximum absolute atomic E-state index is 11.3. The molecule has 0 atom stereocenters. The molecular formula is C11H20O4. The Morgan fingerprint density at radius 2 is 1.73 bits per heavy atom. The van der Waals surface area contributed by atoms with Gasteiger partial charge in [0, 0.05) is 0 Å². The minimum Gasteiger partial charge on any atom is -0.466 e. The van der Waals surface area contributed by atoms with Crippen LogP contribution in [-0.4, -0.2) is 24.1 Å². The van der Waals surface area contributed by atoms with Gasteiger partial charge >= 0.3 is 11.9 Å². The highest BCUT2D eigenvalue weighted by molar-refractivity contribution is 5.91. The molecule has 4 heteroatoms. The van der Waals surface area contributed by atoms with Gasteiger partial charge in [0.15, 0.2) is 0 Å². The van der Waals surface area contributed by atoms with Crippen molar-refractivity contribution in [3.63, 3.8) is 0 Å². The molecule has 0 aliphatic heterocycles. The lowest BCUT2D eigenvalue weighted by molar-refractivity contribution is -0.163. The van der Waals surface area contributed by atoms with Crippen LogP contribution >= 0.6 is 0 Å². The second kappa shape index (κ2) is 6.43. The molecule has 0 N–H and O–H groups in total. The highest BCUT2D eigenvalue weighted by Gasteiger charge is 2.23. The molecule has 0 aromatic rings. The quantitative estimate of drug-likeness (QED) is 0.503.